The maximum Gasteiger partial charge on any atom is 0.192 e. The van der Waals surface area contributed by atoms with Gasteiger partial charge in [0.2, 0.25) is 0 Å². The van der Waals surface area contributed by atoms with Crippen LogP contribution < -0.4 is 0 Å². The van der Waals surface area contributed by atoms with E-state index in [2.05, 4.69) is 108 Å². The van der Waals surface area contributed by atoms with Crippen LogP contribution in [0.5, 0.6) is 0 Å². The average Bonchev–Trinajstić information content (AvgIpc) is 2.87. The van der Waals surface area contributed by atoms with Crippen LogP contribution >= 0.6 is 0 Å². The summed E-state index contributed by atoms with van der Waals surface area (Å²) < 4.78 is 6.97. The van der Waals surface area contributed by atoms with Crippen LogP contribution in [0.4, 0.5) is 0 Å². The minimum absolute atomic E-state index is 0.0505. The lowest BCUT2D eigenvalue weighted by atomic mass is 9.90. The van der Waals surface area contributed by atoms with Gasteiger partial charge in [-0.3, -0.25) is 0 Å². The SMILES string of the molecule is C=C1c2ccccc2[C@H](O[Si](C)(C)C(C)(C)C)[C@H]1/C(C)=C/c1ccccc1. The highest BCUT2D eigenvalue weighted by Crippen LogP contribution is 2.52. The van der Waals surface area contributed by atoms with Crippen LogP contribution in [0.25, 0.3) is 11.6 Å². The first-order chi connectivity index (χ1) is 12.6. The molecule has 0 aliphatic heterocycles. The molecule has 0 aromatic heterocycles. The molecule has 1 aliphatic rings. The van der Waals surface area contributed by atoms with E-state index in [0.717, 1.165) is 0 Å². The molecule has 0 amide bonds. The molecule has 0 radical (unpaired) electrons. The second-order valence-electron chi connectivity index (χ2n) is 9.19. The van der Waals surface area contributed by atoms with Crippen molar-refractivity contribution in [2.24, 2.45) is 5.92 Å². The fourth-order valence-corrected chi connectivity index (χ4v) is 4.86. The zero-order valence-corrected chi connectivity index (χ0v) is 18.5. The zero-order chi connectivity index (χ0) is 19.8. The van der Waals surface area contributed by atoms with Gasteiger partial charge < -0.3 is 4.43 Å². The maximum absolute atomic E-state index is 6.97. The van der Waals surface area contributed by atoms with Gasteiger partial charge >= 0.3 is 0 Å². The number of fused-ring (bicyclic) bond motifs is 1. The summed E-state index contributed by atoms with van der Waals surface area (Å²) in [5.74, 6) is 0.191. The molecule has 0 saturated carbocycles. The fraction of sp³-hybridized carbons (Fsp3) is 0.360. The molecule has 2 atom stereocenters. The van der Waals surface area contributed by atoms with Crippen molar-refractivity contribution in [3.8, 4) is 0 Å². The van der Waals surface area contributed by atoms with E-state index < -0.39 is 8.32 Å². The first kappa shape index (κ1) is 19.8. The Hall–Kier alpha value is -1.90. The van der Waals surface area contributed by atoms with E-state index in [1.54, 1.807) is 0 Å². The third-order valence-electron chi connectivity index (χ3n) is 6.20. The highest BCUT2D eigenvalue weighted by Gasteiger charge is 2.45. The second-order valence-corrected chi connectivity index (χ2v) is 13.9. The van der Waals surface area contributed by atoms with Crippen LogP contribution in [0.15, 0.2) is 66.7 Å². The minimum atomic E-state index is -1.92. The predicted molar refractivity (Wildman–Crippen MR) is 120 cm³/mol. The van der Waals surface area contributed by atoms with Crippen molar-refractivity contribution in [2.45, 2.75) is 51.9 Å². The number of hydrogen-bond donors (Lipinski definition) is 0. The lowest BCUT2D eigenvalue weighted by molar-refractivity contribution is 0.165. The summed E-state index contributed by atoms with van der Waals surface area (Å²) >= 11 is 0. The summed E-state index contributed by atoms with van der Waals surface area (Å²) in [6.45, 7) is 18.3. The third kappa shape index (κ3) is 3.88. The van der Waals surface area contributed by atoms with Gasteiger partial charge in [0.15, 0.2) is 8.32 Å². The van der Waals surface area contributed by atoms with Gasteiger partial charge in [0.1, 0.15) is 0 Å². The smallest absolute Gasteiger partial charge is 0.192 e. The summed E-state index contributed by atoms with van der Waals surface area (Å²) in [4.78, 5) is 0. The molecule has 0 bridgehead atoms. The highest BCUT2D eigenvalue weighted by molar-refractivity contribution is 6.74. The fourth-order valence-electron chi connectivity index (χ4n) is 3.61. The van der Waals surface area contributed by atoms with Gasteiger partial charge in [0, 0.05) is 5.92 Å². The Labute approximate surface area is 165 Å². The first-order valence-electron chi connectivity index (χ1n) is 9.81. The van der Waals surface area contributed by atoms with E-state index in [1.165, 1.54) is 27.8 Å². The van der Waals surface area contributed by atoms with E-state index in [0.29, 0.717) is 0 Å². The monoisotopic (exact) mass is 376 g/mol. The molecule has 0 spiro atoms. The van der Waals surface area contributed by atoms with Gasteiger partial charge in [-0.15, -0.1) is 0 Å². The van der Waals surface area contributed by atoms with E-state index >= 15 is 0 Å². The average molecular weight is 377 g/mol. The third-order valence-corrected chi connectivity index (χ3v) is 10.7. The summed E-state index contributed by atoms with van der Waals surface area (Å²) in [6, 6.07) is 19.2. The van der Waals surface area contributed by atoms with Gasteiger partial charge in [0.25, 0.3) is 0 Å². The van der Waals surface area contributed by atoms with Gasteiger partial charge in [0.05, 0.1) is 6.10 Å². The van der Waals surface area contributed by atoms with E-state index in [-0.39, 0.29) is 17.1 Å². The van der Waals surface area contributed by atoms with E-state index in [9.17, 15) is 0 Å². The molecule has 0 unspecified atom stereocenters. The Bertz CT molecular complexity index is 855. The van der Waals surface area contributed by atoms with Crippen LogP contribution in [0.2, 0.25) is 18.1 Å². The Morgan fingerprint density at radius 3 is 2.22 bits per heavy atom. The molecular formula is C25H32OSi. The standard InChI is InChI=1S/C25H32OSi/c1-18(17-20-13-9-8-10-14-20)23-19(2)21-15-11-12-16-22(21)24(23)26-27(6,7)25(3,4)5/h8-17,23-24H,2H2,1,3-7H3/b18-17+/t23-,24-/m0/s1. The molecule has 2 aromatic rings. The molecule has 2 heteroatoms. The van der Waals surface area contributed by atoms with Crippen LogP contribution in [-0.2, 0) is 4.43 Å². The number of rotatable bonds is 4. The molecule has 1 nitrogen and oxygen atoms in total. The van der Waals surface area contributed by atoms with Crippen LogP contribution in [0.1, 0.15) is 50.5 Å². The number of benzene rings is 2. The minimum Gasteiger partial charge on any atom is -0.409 e. The van der Waals surface area contributed by atoms with Crippen molar-refractivity contribution in [3.05, 3.63) is 83.4 Å². The van der Waals surface area contributed by atoms with Crippen molar-refractivity contribution in [1.29, 1.82) is 0 Å². The van der Waals surface area contributed by atoms with Gasteiger partial charge in [-0.25, -0.2) is 0 Å². The Morgan fingerprint density at radius 1 is 1.00 bits per heavy atom. The largest absolute Gasteiger partial charge is 0.409 e. The summed E-state index contributed by atoms with van der Waals surface area (Å²) in [5, 5.41) is 0.174. The normalized spacial score (nSPS) is 20.7. The van der Waals surface area contributed by atoms with E-state index in [1.807, 2.05) is 0 Å². The zero-order valence-electron chi connectivity index (χ0n) is 17.5. The highest BCUT2D eigenvalue weighted by atomic mass is 28.4. The quantitative estimate of drug-likeness (QED) is 0.502. The molecule has 0 saturated heterocycles. The van der Waals surface area contributed by atoms with Crippen molar-refractivity contribution in [2.75, 3.05) is 0 Å². The lowest BCUT2D eigenvalue weighted by Crippen LogP contribution is -2.42. The van der Waals surface area contributed by atoms with Gasteiger partial charge in [-0.2, -0.15) is 0 Å². The molecule has 0 heterocycles. The van der Waals surface area contributed by atoms with Gasteiger partial charge in [-0.1, -0.05) is 93.6 Å². The van der Waals surface area contributed by atoms with Crippen molar-refractivity contribution < 1.29 is 4.43 Å². The topological polar surface area (TPSA) is 9.23 Å². The second kappa shape index (κ2) is 7.25. The molecule has 27 heavy (non-hydrogen) atoms. The van der Waals surface area contributed by atoms with Gasteiger partial charge in [-0.05, 0) is 47.3 Å². The predicted octanol–water partition coefficient (Wildman–Crippen LogP) is 7.50. The summed E-state index contributed by atoms with van der Waals surface area (Å²) in [7, 11) is -1.92. The molecule has 3 rings (SSSR count). The van der Waals surface area contributed by atoms with E-state index in [4.69, 9.17) is 4.43 Å². The molecule has 1 aliphatic carbocycles. The van der Waals surface area contributed by atoms with Crippen molar-refractivity contribution >= 4 is 20.0 Å². The first-order valence-corrected chi connectivity index (χ1v) is 12.7. The lowest BCUT2D eigenvalue weighted by Gasteiger charge is -2.40. The Balaban J connectivity index is 2.03. The van der Waals surface area contributed by atoms with Crippen LogP contribution in [0.3, 0.4) is 0 Å². The summed E-state index contributed by atoms with van der Waals surface area (Å²) in [5.41, 5.74) is 6.26. The molecular weight excluding hydrogens is 344 g/mol. The van der Waals surface area contributed by atoms with Crippen LogP contribution in [-0.4, -0.2) is 8.32 Å². The molecule has 0 fully saturated rings. The van der Waals surface area contributed by atoms with Crippen LogP contribution in [0, 0.1) is 5.92 Å². The molecule has 142 valence electrons. The molecule has 2 aromatic carbocycles. The summed E-state index contributed by atoms with van der Waals surface area (Å²) in [6.07, 6.45) is 2.33. The Kier molecular flexibility index (Phi) is 5.33. The maximum atomic E-state index is 6.97. The van der Waals surface area contributed by atoms with Crippen molar-refractivity contribution in [1.82, 2.24) is 0 Å². The Morgan fingerprint density at radius 2 is 1.59 bits per heavy atom. The number of hydrogen-bond acceptors (Lipinski definition) is 1. The van der Waals surface area contributed by atoms with Crippen molar-refractivity contribution in [3.63, 3.8) is 0 Å². The molecule has 0 N–H and O–H groups in total.